The van der Waals surface area contributed by atoms with Gasteiger partial charge < -0.3 is 0 Å². The summed E-state index contributed by atoms with van der Waals surface area (Å²) in [5.74, 6) is 0. The molecule has 1 aromatic rings. The molecule has 14 heavy (non-hydrogen) atoms. The van der Waals surface area contributed by atoms with Crippen molar-refractivity contribution in [3.8, 4) is 0 Å². The van der Waals surface area contributed by atoms with E-state index in [0.717, 1.165) is 12.1 Å². The second kappa shape index (κ2) is 2.95. The molecule has 1 aromatic carbocycles. The predicted molar refractivity (Wildman–Crippen MR) is 59.3 cm³/mol. The summed E-state index contributed by atoms with van der Waals surface area (Å²) in [7, 11) is 0. The standard InChI is InChI=1S/C13H11N/c1-2-5-11-10(4-1)7-8-12(11)13-6-3-9-14-13/h1-6,9H,7-8H2. The summed E-state index contributed by atoms with van der Waals surface area (Å²) in [6.45, 7) is 0. The maximum atomic E-state index is 4.36. The van der Waals surface area contributed by atoms with Crippen LogP contribution in [0.4, 0.5) is 0 Å². The fourth-order valence-corrected chi connectivity index (χ4v) is 2.17. The Morgan fingerprint density at radius 2 is 2.00 bits per heavy atom. The van der Waals surface area contributed by atoms with Crippen molar-refractivity contribution in [2.45, 2.75) is 12.8 Å². The highest BCUT2D eigenvalue weighted by Gasteiger charge is 2.18. The number of allylic oxidation sites excluding steroid dienone is 3. The number of benzene rings is 1. The van der Waals surface area contributed by atoms with Crippen LogP contribution in [0.3, 0.4) is 0 Å². The molecule has 68 valence electrons. The van der Waals surface area contributed by atoms with Crippen molar-refractivity contribution >= 4 is 11.8 Å². The molecule has 2 aliphatic rings. The van der Waals surface area contributed by atoms with Gasteiger partial charge in [0.1, 0.15) is 0 Å². The second-order valence-corrected chi connectivity index (χ2v) is 3.66. The minimum absolute atomic E-state index is 1.14. The summed E-state index contributed by atoms with van der Waals surface area (Å²) >= 11 is 0. The van der Waals surface area contributed by atoms with E-state index in [1.807, 2.05) is 12.3 Å². The van der Waals surface area contributed by atoms with Gasteiger partial charge in [0.15, 0.2) is 0 Å². The van der Waals surface area contributed by atoms with Crippen LogP contribution in [0, 0.1) is 0 Å². The normalized spacial score (nSPS) is 23.1. The van der Waals surface area contributed by atoms with Crippen molar-refractivity contribution in [3.05, 3.63) is 53.2 Å². The number of aryl methyl sites for hydroxylation is 1. The SMILES string of the molecule is C1=CC(=C2CCc3ccccc32)N=C1. The summed E-state index contributed by atoms with van der Waals surface area (Å²) in [6.07, 6.45) is 8.26. The fourth-order valence-electron chi connectivity index (χ4n) is 2.17. The van der Waals surface area contributed by atoms with Gasteiger partial charge in [-0.2, -0.15) is 0 Å². The zero-order chi connectivity index (χ0) is 9.38. The van der Waals surface area contributed by atoms with E-state index in [2.05, 4.69) is 35.3 Å². The quantitative estimate of drug-likeness (QED) is 0.583. The van der Waals surface area contributed by atoms with E-state index in [0.29, 0.717) is 0 Å². The molecule has 1 aliphatic carbocycles. The van der Waals surface area contributed by atoms with E-state index >= 15 is 0 Å². The first kappa shape index (κ1) is 7.74. The number of hydrogen-bond donors (Lipinski definition) is 0. The summed E-state index contributed by atoms with van der Waals surface area (Å²) < 4.78 is 0. The van der Waals surface area contributed by atoms with Crippen molar-refractivity contribution in [2.75, 3.05) is 0 Å². The Balaban J connectivity index is 2.19. The van der Waals surface area contributed by atoms with Crippen molar-refractivity contribution < 1.29 is 0 Å². The molecule has 1 heterocycles. The number of nitrogens with zero attached hydrogens (tertiary/aromatic N) is 1. The lowest BCUT2D eigenvalue weighted by Crippen LogP contribution is -1.81. The molecule has 1 aliphatic heterocycles. The Hall–Kier alpha value is -1.63. The van der Waals surface area contributed by atoms with E-state index in [1.54, 1.807) is 0 Å². The zero-order valence-electron chi connectivity index (χ0n) is 7.90. The zero-order valence-corrected chi connectivity index (χ0v) is 7.90. The highest BCUT2D eigenvalue weighted by molar-refractivity contribution is 5.84. The van der Waals surface area contributed by atoms with Crippen LogP contribution in [0.1, 0.15) is 17.5 Å². The highest BCUT2D eigenvalue weighted by atomic mass is 14.7. The Bertz CT molecular complexity index is 450. The van der Waals surface area contributed by atoms with Crippen molar-refractivity contribution in [1.29, 1.82) is 0 Å². The first-order valence-electron chi connectivity index (χ1n) is 4.97. The van der Waals surface area contributed by atoms with Gasteiger partial charge in [0, 0.05) is 6.21 Å². The molecule has 1 nitrogen and oxygen atoms in total. The van der Waals surface area contributed by atoms with Gasteiger partial charge in [-0.15, -0.1) is 0 Å². The van der Waals surface area contributed by atoms with Crippen LogP contribution in [0.5, 0.6) is 0 Å². The summed E-state index contributed by atoms with van der Waals surface area (Å²) in [5, 5.41) is 0. The van der Waals surface area contributed by atoms with E-state index in [4.69, 9.17) is 0 Å². The molecule has 0 saturated heterocycles. The van der Waals surface area contributed by atoms with Gasteiger partial charge in [-0.1, -0.05) is 24.3 Å². The van der Waals surface area contributed by atoms with Gasteiger partial charge in [-0.05, 0) is 41.7 Å². The monoisotopic (exact) mass is 181 g/mol. The molecule has 0 atom stereocenters. The largest absolute Gasteiger partial charge is 0.257 e. The lowest BCUT2D eigenvalue weighted by Gasteiger charge is -2.01. The minimum atomic E-state index is 1.14. The van der Waals surface area contributed by atoms with Gasteiger partial charge in [0.05, 0.1) is 5.70 Å². The molecular formula is C13H11N. The summed E-state index contributed by atoms with van der Waals surface area (Å²) in [6, 6.07) is 8.63. The van der Waals surface area contributed by atoms with Gasteiger partial charge in [0.2, 0.25) is 0 Å². The molecule has 1 heteroatoms. The number of fused-ring (bicyclic) bond motifs is 1. The van der Waals surface area contributed by atoms with Gasteiger partial charge in [0.25, 0.3) is 0 Å². The van der Waals surface area contributed by atoms with Crippen LogP contribution in [-0.2, 0) is 6.42 Å². The van der Waals surface area contributed by atoms with Crippen LogP contribution < -0.4 is 0 Å². The topological polar surface area (TPSA) is 12.4 Å². The van der Waals surface area contributed by atoms with Crippen LogP contribution in [0.15, 0.2) is 47.1 Å². The average Bonchev–Trinajstić information content (AvgIpc) is 2.85. The smallest absolute Gasteiger partial charge is 0.0668 e. The third-order valence-corrected chi connectivity index (χ3v) is 2.85. The molecule has 3 rings (SSSR count). The lowest BCUT2D eigenvalue weighted by atomic mass is 10.1. The third kappa shape index (κ3) is 1.06. The third-order valence-electron chi connectivity index (χ3n) is 2.85. The number of rotatable bonds is 0. The Morgan fingerprint density at radius 1 is 1.07 bits per heavy atom. The number of hydrogen-bond acceptors (Lipinski definition) is 1. The Kier molecular flexibility index (Phi) is 1.63. The average molecular weight is 181 g/mol. The Labute approximate surface area is 83.5 Å². The molecule has 0 unspecified atom stereocenters. The first-order valence-corrected chi connectivity index (χ1v) is 4.97. The van der Waals surface area contributed by atoms with E-state index in [9.17, 15) is 0 Å². The molecule has 0 radical (unpaired) electrons. The van der Waals surface area contributed by atoms with Gasteiger partial charge in [-0.3, -0.25) is 4.99 Å². The molecular weight excluding hydrogens is 170 g/mol. The van der Waals surface area contributed by atoms with Crippen LogP contribution >= 0.6 is 0 Å². The predicted octanol–water partition coefficient (Wildman–Crippen LogP) is 2.98. The van der Waals surface area contributed by atoms with Crippen LogP contribution in [0.2, 0.25) is 0 Å². The summed E-state index contributed by atoms with van der Waals surface area (Å²) in [5.41, 5.74) is 5.41. The minimum Gasteiger partial charge on any atom is -0.257 e. The maximum absolute atomic E-state index is 4.36. The molecule has 0 bridgehead atoms. The summed E-state index contributed by atoms with van der Waals surface area (Å²) in [4.78, 5) is 4.36. The fraction of sp³-hybridized carbons (Fsp3) is 0.154. The van der Waals surface area contributed by atoms with Gasteiger partial charge >= 0.3 is 0 Å². The van der Waals surface area contributed by atoms with E-state index in [-0.39, 0.29) is 0 Å². The first-order chi connectivity index (χ1) is 6.95. The van der Waals surface area contributed by atoms with Crippen LogP contribution in [0.25, 0.3) is 5.57 Å². The molecule has 0 saturated carbocycles. The molecule has 0 aromatic heterocycles. The number of aliphatic imine (C=N–C) groups is 1. The van der Waals surface area contributed by atoms with Gasteiger partial charge in [-0.25, -0.2) is 0 Å². The van der Waals surface area contributed by atoms with Crippen LogP contribution in [-0.4, -0.2) is 6.21 Å². The molecule has 0 spiro atoms. The van der Waals surface area contributed by atoms with E-state index < -0.39 is 0 Å². The Morgan fingerprint density at radius 3 is 2.86 bits per heavy atom. The second-order valence-electron chi connectivity index (χ2n) is 3.66. The van der Waals surface area contributed by atoms with Crippen molar-refractivity contribution in [2.24, 2.45) is 4.99 Å². The van der Waals surface area contributed by atoms with E-state index in [1.165, 1.54) is 23.1 Å². The maximum Gasteiger partial charge on any atom is 0.0668 e. The molecule has 0 fully saturated rings. The highest BCUT2D eigenvalue weighted by Crippen LogP contribution is 2.35. The lowest BCUT2D eigenvalue weighted by molar-refractivity contribution is 1.07. The van der Waals surface area contributed by atoms with Crippen molar-refractivity contribution in [3.63, 3.8) is 0 Å². The molecule has 0 amide bonds. The molecule has 0 N–H and O–H groups in total. The van der Waals surface area contributed by atoms with Crippen molar-refractivity contribution in [1.82, 2.24) is 0 Å².